The Labute approximate surface area is 199 Å². The molecule has 0 aliphatic carbocycles. The smallest absolute Gasteiger partial charge is 0.302 e. The number of aromatic nitrogens is 2. The van der Waals surface area contributed by atoms with E-state index in [-0.39, 0.29) is 28.0 Å². The second-order valence-electron chi connectivity index (χ2n) is 7.66. The Morgan fingerprint density at radius 2 is 2.09 bits per heavy atom. The number of nitrogen functional groups attached to an aromatic ring is 2. The fraction of sp³-hybridized carbons (Fsp3) is 0.350. The number of nitrogens with two attached hydrogens (primary N) is 2. The number of nitrogens with zero attached hydrogens (tertiary/aromatic N) is 5. The highest BCUT2D eigenvalue weighted by molar-refractivity contribution is 7.97. The van der Waals surface area contributed by atoms with E-state index in [0.29, 0.717) is 18.1 Å². The Bertz CT molecular complexity index is 1160. The summed E-state index contributed by atoms with van der Waals surface area (Å²) in [4.78, 5) is 25.2. The third-order valence-electron chi connectivity index (χ3n) is 5.50. The van der Waals surface area contributed by atoms with Crippen molar-refractivity contribution in [2.75, 3.05) is 38.2 Å². The summed E-state index contributed by atoms with van der Waals surface area (Å²) in [6.07, 6.45) is 1.66. The molecule has 0 unspecified atom stereocenters. The Balaban J connectivity index is 1.39. The maximum atomic E-state index is 12.5. The van der Waals surface area contributed by atoms with Crippen LogP contribution in [-0.2, 0) is 0 Å². The molecule has 6 N–H and O–H groups in total. The van der Waals surface area contributed by atoms with E-state index < -0.39 is 5.91 Å². The molecule has 2 fully saturated rings. The fourth-order valence-corrected chi connectivity index (χ4v) is 4.87. The lowest BCUT2D eigenvalue weighted by Gasteiger charge is -2.38. The van der Waals surface area contributed by atoms with Crippen LogP contribution in [0.3, 0.4) is 0 Å². The first-order valence-corrected chi connectivity index (χ1v) is 11.2. The van der Waals surface area contributed by atoms with Gasteiger partial charge in [-0.2, -0.15) is 10.3 Å². The highest BCUT2D eigenvalue weighted by atomic mass is 35.5. The zero-order chi connectivity index (χ0) is 23.6. The molecule has 0 bridgehead atoms. The van der Waals surface area contributed by atoms with Crippen LogP contribution in [0, 0.1) is 11.3 Å². The molecule has 2 aliphatic heterocycles. The molecule has 11 nitrogen and oxygen atoms in total. The van der Waals surface area contributed by atoms with Crippen molar-refractivity contribution in [3.8, 4) is 11.8 Å². The number of nitrogens with one attached hydrogen (secondary N) is 2. The van der Waals surface area contributed by atoms with Crippen molar-refractivity contribution in [3.63, 3.8) is 0 Å². The van der Waals surface area contributed by atoms with Gasteiger partial charge in [0.05, 0.1) is 29.2 Å². The average Bonchev–Trinajstić information content (AvgIpc) is 3.19. The molecule has 2 saturated heterocycles. The number of ether oxygens (including phenoxy) is 1. The summed E-state index contributed by atoms with van der Waals surface area (Å²) in [5.41, 5.74) is 11.5. The minimum atomic E-state index is -0.661. The summed E-state index contributed by atoms with van der Waals surface area (Å²) in [7, 11) is 1.62. The van der Waals surface area contributed by atoms with Crippen LogP contribution in [0.4, 0.5) is 11.6 Å². The van der Waals surface area contributed by atoms with E-state index in [9.17, 15) is 10.1 Å². The monoisotopic (exact) mass is 487 g/mol. The zero-order valence-electron chi connectivity index (χ0n) is 17.8. The van der Waals surface area contributed by atoms with Crippen molar-refractivity contribution in [3.05, 3.63) is 34.6 Å². The fourth-order valence-electron chi connectivity index (χ4n) is 3.68. The number of hydrogen-bond donors (Lipinski definition) is 4. The van der Waals surface area contributed by atoms with Gasteiger partial charge in [0.15, 0.2) is 28.4 Å². The van der Waals surface area contributed by atoms with Crippen molar-refractivity contribution in [1.29, 1.82) is 5.26 Å². The Morgan fingerprint density at radius 3 is 2.79 bits per heavy atom. The lowest BCUT2D eigenvalue weighted by Crippen LogP contribution is -2.51. The SMILES string of the molecule is COc1ccc(C#N)cc1SN1CCC2(CC1)CN/C(=N\C(=O)c1nc(Cl)c(N)nc1N)N2. The molecule has 13 heteroatoms. The Kier molecular flexibility index (Phi) is 6.46. The summed E-state index contributed by atoms with van der Waals surface area (Å²) in [6, 6.07) is 7.54. The summed E-state index contributed by atoms with van der Waals surface area (Å²) in [5.74, 6) is 0.263. The van der Waals surface area contributed by atoms with Gasteiger partial charge < -0.3 is 26.8 Å². The number of carbonyl (C=O) groups excluding carboxylic acids is 1. The molecular formula is C20H22ClN9O2S. The number of methoxy groups -OCH3 is 1. The maximum absolute atomic E-state index is 12.5. The number of rotatable bonds is 4. The lowest BCUT2D eigenvalue weighted by molar-refractivity contribution is 0.0998. The molecule has 0 radical (unpaired) electrons. The van der Waals surface area contributed by atoms with E-state index in [1.54, 1.807) is 31.2 Å². The van der Waals surface area contributed by atoms with Crippen LogP contribution >= 0.6 is 23.5 Å². The third kappa shape index (κ3) is 4.90. The van der Waals surface area contributed by atoms with Gasteiger partial charge in [-0.15, -0.1) is 0 Å². The van der Waals surface area contributed by atoms with Gasteiger partial charge in [-0.25, -0.2) is 14.3 Å². The molecule has 2 aliphatic rings. The van der Waals surface area contributed by atoms with Gasteiger partial charge in [0.2, 0.25) is 0 Å². The summed E-state index contributed by atoms with van der Waals surface area (Å²) in [5, 5.41) is 15.6. The van der Waals surface area contributed by atoms with Crippen molar-refractivity contribution >= 4 is 47.1 Å². The number of amides is 1. The number of carbonyl (C=O) groups is 1. The first kappa shape index (κ1) is 22.9. The molecule has 0 atom stereocenters. The molecule has 1 aromatic heterocycles. The summed E-state index contributed by atoms with van der Waals surface area (Å²) in [6.45, 7) is 2.23. The molecule has 0 saturated carbocycles. The first-order valence-electron chi connectivity index (χ1n) is 10.1. The van der Waals surface area contributed by atoms with E-state index >= 15 is 0 Å². The van der Waals surface area contributed by atoms with E-state index in [1.807, 2.05) is 6.07 Å². The molecule has 172 valence electrons. The van der Waals surface area contributed by atoms with Crippen molar-refractivity contribution in [2.45, 2.75) is 23.3 Å². The number of piperidine rings is 1. The molecule has 33 heavy (non-hydrogen) atoms. The predicted molar refractivity (Wildman–Crippen MR) is 126 cm³/mol. The highest BCUT2D eigenvalue weighted by Crippen LogP contribution is 2.36. The van der Waals surface area contributed by atoms with E-state index in [2.05, 4.69) is 36.0 Å². The van der Waals surface area contributed by atoms with Gasteiger partial charge in [-0.05, 0) is 43.0 Å². The second kappa shape index (κ2) is 9.30. The van der Waals surface area contributed by atoms with Gasteiger partial charge in [-0.3, -0.25) is 4.79 Å². The van der Waals surface area contributed by atoms with Crippen molar-refractivity contribution in [1.82, 2.24) is 24.9 Å². The largest absolute Gasteiger partial charge is 0.496 e. The number of nitriles is 1. The van der Waals surface area contributed by atoms with Crippen molar-refractivity contribution in [2.24, 2.45) is 4.99 Å². The molecule has 1 amide bonds. The molecule has 1 aromatic carbocycles. The number of halogens is 1. The van der Waals surface area contributed by atoms with Crippen LogP contribution in [-0.4, -0.2) is 58.4 Å². The second-order valence-corrected chi connectivity index (χ2v) is 9.15. The molecule has 2 aromatic rings. The first-order chi connectivity index (χ1) is 15.8. The zero-order valence-corrected chi connectivity index (χ0v) is 19.3. The minimum Gasteiger partial charge on any atom is -0.496 e. The molecular weight excluding hydrogens is 466 g/mol. The van der Waals surface area contributed by atoms with E-state index in [4.69, 9.17) is 27.8 Å². The molecule has 4 rings (SSSR count). The summed E-state index contributed by atoms with van der Waals surface area (Å²) >= 11 is 7.43. The number of anilines is 2. The maximum Gasteiger partial charge on any atom is 0.302 e. The van der Waals surface area contributed by atoms with Crippen LogP contribution in [0.5, 0.6) is 5.75 Å². The standard InChI is InChI=1S/C20H22ClN9O2S/c1-32-12-3-2-11(9-22)8-13(12)33-30-6-4-20(5-7-30)10-25-19(29-20)28-18(31)14-16(23)27-17(24)15(21)26-14/h2-3,8H,4-7,10H2,1H3,(H4,23,24,27)(H2,25,28,29,31). The van der Waals surface area contributed by atoms with Crippen LogP contribution in [0.2, 0.25) is 5.15 Å². The minimum absolute atomic E-state index is 0.0453. The van der Waals surface area contributed by atoms with Gasteiger partial charge in [0.1, 0.15) is 5.75 Å². The Morgan fingerprint density at radius 1 is 1.33 bits per heavy atom. The third-order valence-corrected chi connectivity index (χ3v) is 6.92. The Hall–Kier alpha value is -3.27. The van der Waals surface area contributed by atoms with Crippen LogP contribution < -0.4 is 26.8 Å². The van der Waals surface area contributed by atoms with Crippen molar-refractivity contribution < 1.29 is 9.53 Å². The number of hydrogen-bond acceptors (Lipinski definition) is 9. The lowest BCUT2D eigenvalue weighted by atomic mass is 9.90. The number of benzene rings is 1. The predicted octanol–water partition coefficient (Wildman–Crippen LogP) is 1.41. The van der Waals surface area contributed by atoms with Crippen LogP contribution in [0.15, 0.2) is 28.1 Å². The summed E-state index contributed by atoms with van der Waals surface area (Å²) < 4.78 is 7.66. The van der Waals surface area contributed by atoms with Crippen LogP contribution in [0.1, 0.15) is 28.9 Å². The number of aliphatic imine (C=N–C) groups is 1. The van der Waals surface area contributed by atoms with Gasteiger partial charge in [0, 0.05) is 19.6 Å². The van der Waals surface area contributed by atoms with Gasteiger partial charge >= 0.3 is 5.91 Å². The molecule has 3 heterocycles. The van der Waals surface area contributed by atoms with E-state index in [1.165, 1.54) is 0 Å². The normalized spacial score (nSPS) is 18.5. The molecule has 1 spiro atoms. The van der Waals surface area contributed by atoms with Gasteiger partial charge in [-0.1, -0.05) is 11.6 Å². The van der Waals surface area contributed by atoms with E-state index in [0.717, 1.165) is 36.6 Å². The van der Waals surface area contributed by atoms with Crippen LogP contribution in [0.25, 0.3) is 0 Å². The van der Waals surface area contributed by atoms with Gasteiger partial charge in [0.25, 0.3) is 0 Å². The quantitative estimate of drug-likeness (QED) is 0.460. The average molecular weight is 488 g/mol. The highest BCUT2D eigenvalue weighted by Gasteiger charge is 2.40. The topological polar surface area (TPSA) is 168 Å². The number of guanidine groups is 1.